The van der Waals surface area contributed by atoms with Crippen LogP contribution in [-0.4, -0.2) is 36.3 Å². The van der Waals surface area contributed by atoms with Crippen molar-refractivity contribution in [2.24, 2.45) is 0 Å². The van der Waals surface area contributed by atoms with Gasteiger partial charge < -0.3 is 15.0 Å². The standard InChI is InChI=1S/C23H25N5O/c1-27(2)15-17-8-10-18(11-9-17)20-12-13-22(28-16-25-26-23(20)28)24-14-19-6-4-5-7-21(19)29-3/h4-13,16H,14-15H2,1-3H3,(H,24,26)/p+1. The highest BCUT2D eigenvalue weighted by Crippen LogP contribution is 2.24. The number of methoxy groups -OCH3 is 1. The Morgan fingerprint density at radius 3 is 2.59 bits per heavy atom. The van der Waals surface area contributed by atoms with Crippen molar-refractivity contribution in [2.75, 3.05) is 26.5 Å². The second-order valence-electron chi connectivity index (χ2n) is 7.31. The number of H-pyrrole nitrogens is 1. The molecule has 0 amide bonds. The van der Waals surface area contributed by atoms with Gasteiger partial charge in [-0.2, -0.15) is 9.50 Å². The van der Waals surface area contributed by atoms with Crippen LogP contribution in [0.5, 0.6) is 5.75 Å². The lowest BCUT2D eigenvalue weighted by Gasteiger charge is -2.11. The fraction of sp³-hybridized carbons (Fsp3) is 0.217. The Morgan fingerprint density at radius 1 is 1.03 bits per heavy atom. The topological polar surface area (TPSA) is 57.3 Å². The van der Waals surface area contributed by atoms with E-state index in [0.717, 1.165) is 40.4 Å². The summed E-state index contributed by atoms with van der Waals surface area (Å²) in [6, 6.07) is 20.9. The van der Waals surface area contributed by atoms with Gasteiger partial charge in [0.1, 0.15) is 5.75 Å². The van der Waals surface area contributed by atoms with Crippen molar-refractivity contribution in [3.63, 3.8) is 0 Å². The molecule has 2 aromatic heterocycles. The molecule has 0 radical (unpaired) electrons. The van der Waals surface area contributed by atoms with Crippen molar-refractivity contribution in [2.45, 2.75) is 13.1 Å². The second-order valence-corrected chi connectivity index (χ2v) is 7.31. The molecule has 0 saturated heterocycles. The number of anilines is 1. The van der Waals surface area contributed by atoms with Gasteiger partial charge in [0.25, 0.3) is 0 Å². The van der Waals surface area contributed by atoms with Gasteiger partial charge in [0, 0.05) is 23.7 Å². The van der Waals surface area contributed by atoms with Crippen molar-refractivity contribution in [3.05, 3.63) is 78.1 Å². The molecule has 0 atom stereocenters. The quantitative estimate of drug-likeness (QED) is 0.476. The number of nitrogens with zero attached hydrogens (tertiary/aromatic N) is 3. The summed E-state index contributed by atoms with van der Waals surface area (Å²) in [5.41, 5.74) is 5.62. The van der Waals surface area contributed by atoms with Crippen LogP contribution in [0.15, 0.2) is 67.0 Å². The lowest BCUT2D eigenvalue weighted by atomic mass is 10.0. The number of hydrogen-bond donors (Lipinski definition) is 2. The molecule has 2 aromatic carbocycles. The number of pyridine rings is 1. The van der Waals surface area contributed by atoms with Crippen LogP contribution in [0.4, 0.5) is 5.82 Å². The Kier molecular flexibility index (Phi) is 5.44. The maximum absolute atomic E-state index is 5.45. The zero-order valence-corrected chi connectivity index (χ0v) is 17.0. The van der Waals surface area contributed by atoms with E-state index in [-0.39, 0.29) is 0 Å². The van der Waals surface area contributed by atoms with E-state index in [1.165, 1.54) is 5.56 Å². The number of aromatic nitrogens is 3. The molecule has 0 aliphatic carbocycles. The number of nitrogens with one attached hydrogen (secondary N) is 2. The minimum Gasteiger partial charge on any atom is -0.496 e. The normalized spacial score (nSPS) is 11.2. The molecule has 2 N–H and O–H groups in total. The monoisotopic (exact) mass is 388 g/mol. The van der Waals surface area contributed by atoms with E-state index in [0.29, 0.717) is 6.54 Å². The molecule has 6 nitrogen and oxygen atoms in total. The van der Waals surface area contributed by atoms with Gasteiger partial charge in [-0.05, 0) is 42.5 Å². The number of benzene rings is 2. The lowest BCUT2D eigenvalue weighted by molar-refractivity contribution is -0.495. The van der Waals surface area contributed by atoms with Gasteiger partial charge >= 0.3 is 0 Å². The SMILES string of the molecule is COc1ccccc1CNc1ccc(-c2ccc(CN(C)C)cc2)c2[nH]nc[n+]12. The Hall–Kier alpha value is -3.38. The van der Waals surface area contributed by atoms with E-state index in [2.05, 4.69) is 77.0 Å². The third-order valence-electron chi connectivity index (χ3n) is 4.92. The molecular formula is C23H26N5O+. The Bertz CT molecular complexity index is 1100. The third-order valence-corrected chi connectivity index (χ3v) is 4.92. The van der Waals surface area contributed by atoms with Gasteiger partial charge in [-0.1, -0.05) is 42.5 Å². The van der Waals surface area contributed by atoms with Crippen LogP contribution >= 0.6 is 0 Å². The first-order valence-electron chi connectivity index (χ1n) is 9.63. The number of rotatable bonds is 7. The van der Waals surface area contributed by atoms with Crippen LogP contribution in [0.25, 0.3) is 16.8 Å². The van der Waals surface area contributed by atoms with Gasteiger partial charge in [0.2, 0.25) is 12.0 Å². The lowest BCUT2D eigenvalue weighted by Crippen LogP contribution is -2.25. The molecular weight excluding hydrogens is 362 g/mol. The van der Waals surface area contributed by atoms with Gasteiger partial charge in [-0.15, -0.1) is 0 Å². The fourth-order valence-electron chi connectivity index (χ4n) is 3.52. The molecule has 0 fully saturated rings. The first-order valence-corrected chi connectivity index (χ1v) is 9.63. The minimum absolute atomic E-state index is 0.663. The molecule has 0 unspecified atom stereocenters. The average Bonchev–Trinajstić information content (AvgIpc) is 3.23. The van der Waals surface area contributed by atoms with E-state index in [9.17, 15) is 0 Å². The first-order chi connectivity index (χ1) is 14.2. The highest BCUT2D eigenvalue weighted by Gasteiger charge is 2.15. The van der Waals surface area contributed by atoms with E-state index < -0.39 is 0 Å². The van der Waals surface area contributed by atoms with Crippen LogP contribution in [-0.2, 0) is 13.1 Å². The maximum atomic E-state index is 5.45. The van der Waals surface area contributed by atoms with Crippen molar-refractivity contribution in [1.29, 1.82) is 0 Å². The van der Waals surface area contributed by atoms with E-state index in [1.807, 2.05) is 22.6 Å². The van der Waals surface area contributed by atoms with Crippen molar-refractivity contribution < 1.29 is 9.14 Å². The predicted molar refractivity (Wildman–Crippen MR) is 115 cm³/mol. The number of ether oxygens (including phenoxy) is 1. The molecule has 0 aliphatic rings. The predicted octanol–water partition coefficient (Wildman–Crippen LogP) is 3.50. The van der Waals surface area contributed by atoms with Crippen molar-refractivity contribution in [1.82, 2.24) is 15.1 Å². The third kappa shape index (κ3) is 4.07. The van der Waals surface area contributed by atoms with E-state index >= 15 is 0 Å². The summed E-state index contributed by atoms with van der Waals surface area (Å²) in [6.45, 7) is 1.59. The van der Waals surface area contributed by atoms with Crippen LogP contribution in [0, 0.1) is 0 Å². The highest BCUT2D eigenvalue weighted by atomic mass is 16.5. The van der Waals surface area contributed by atoms with Crippen LogP contribution in [0.3, 0.4) is 0 Å². The van der Waals surface area contributed by atoms with Crippen molar-refractivity contribution >= 4 is 11.5 Å². The minimum atomic E-state index is 0.663. The first kappa shape index (κ1) is 19.0. The molecule has 4 aromatic rings. The average molecular weight is 388 g/mol. The molecule has 29 heavy (non-hydrogen) atoms. The molecule has 6 heteroatoms. The number of aromatic amines is 1. The van der Waals surface area contributed by atoms with E-state index in [1.54, 1.807) is 13.4 Å². The van der Waals surface area contributed by atoms with Gasteiger partial charge in [0.05, 0.1) is 13.7 Å². The zero-order chi connectivity index (χ0) is 20.2. The molecule has 148 valence electrons. The van der Waals surface area contributed by atoms with E-state index in [4.69, 9.17) is 4.74 Å². The van der Waals surface area contributed by atoms with Crippen LogP contribution in [0.1, 0.15) is 11.1 Å². The van der Waals surface area contributed by atoms with Crippen LogP contribution < -0.4 is 14.5 Å². The number of fused-ring (bicyclic) bond motifs is 1. The zero-order valence-electron chi connectivity index (χ0n) is 17.0. The Balaban J connectivity index is 1.60. The molecule has 4 rings (SSSR count). The molecule has 2 heterocycles. The smallest absolute Gasteiger partial charge is 0.240 e. The fourth-order valence-corrected chi connectivity index (χ4v) is 3.52. The van der Waals surface area contributed by atoms with Gasteiger partial charge in [-0.3, -0.25) is 0 Å². The second kappa shape index (κ2) is 8.32. The molecule has 0 saturated carbocycles. The summed E-state index contributed by atoms with van der Waals surface area (Å²) in [4.78, 5) is 2.17. The van der Waals surface area contributed by atoms with Crippen LogP contribution in [0.2, 0.25) is 0 Å². The molecule has 0 aliphatic heterocycles. The Morgan fingerprint density at radius 2 is 1.83 bits per heavy atom. The summed E-state index contributed by atoms with van der Waals surface area (Å²) >= 11 is 0. The maximum Gasteiger partial charge on any atom is 0.240 e. The summed E-state index contributed by atoms with van der Waals surface area (Å²) in [7, 11) is 5.85. The number of hydrogen-bond acceptors (Lipinski definition) is 4. The van der Waals surface area contributed by atoms with Gasteiger partial charge in [0.15, 0.2) is 5.82 Å². The number of para-hydroxylation sites is 1. The summed E-state index contributed by atoms with van der Waals surface area (Å²) < 4.78 is 7.49. The highest BCUT2D eigenvalue weighted by molar-refractivity contribution is 5.75. The summed E-state index contributed by atoms with van der Waals surface area (Å²) in [5.74, 6) is 1.84. The van der Waals surface area contributed by atoms with Crippen molar-refractivity contribution in [3.8, 4) is 16.9 Å². The summed E-state index contributed by atoms with van der Waals surface area (Å²) in [6.07, 6.45) is 1.80. The summed E-state index contributed by atoms with van der Waals surface area (Å²) in [5, 5.41) is 10.9. The Labute approximate surface area is 170 Å². The molecule has 0 bridgehead atoms. The van der Waals surface area contributed by atoms with Gasteiger partial charge in [-0.25, -0.2) is 0 Å². The largest absolute Gasteiger partial charge is 0.496 e. The molecule has 0 spiro atoms.